The normalized spacial score (nSPS) is 34.4. The Morgan fingerprint density at radius 1 is 1.28 bits per heavy atom. The Kier molecular flexibility index (Phi) is 4.28. The molecule has 2 heterocycles. The van der Waals surface area contributed by atoms with Crippen molar-refractivity contribution in [3.8, 4) is 0 Å². The van der Waals surface area contributed by atoms with Gasteiger partial charge in [-0.2, -0.15) is 0 Å². The van der Waals surface area contributed by atoms with Crippen molar-refractivity contribution in [2.75, 3.05) is 7.05 Å². The van der Waals surface area contributed by atoms with Crippen LogP contribution in [0.15, 0.2) is 0 Å². The zero-order valence-corrected chi connectivity index (χ0v) is 11.9. The van der Waals surface area contributed by atoms with Gasteiger partial charge in [0.1, 0.15) is 0 Å². The number of nitrogens with one attached hydrogen (secondary N) is 1. The summed E-state index contributed by atoms with van der Waals surface area (Å²) in [4.78, 5) is 14.5. The molecule has 0 aromatic carbocycles. The summed E-state index contributed by atoms with van der Waals surface area (Å²) in [5.74, 6) is 0.230. The van der Waals surface area contributed by atoms with E-state index in [1.54, 1.807) is 0 Å². The molecule has 4 heteroatoms. The Bertz CT molecular complexity index is 291. The number of hydrogen-bond donors (Lipinski definition) is 2. The lowest BCUT2D eigenvalue weighted by molar-refractivity contribution is -0.124. The van der Waals surface area contributed by atoms with Crippen molar-refractivity contribution < 1.29 is 4.79 Å². The first-order valence-corrected chi connectivity index (χ1v) is 7.27. The third-order valence-corrected chi connectivity index (χ3v) is 4.71. The molecule has 104 valence electrons. The van der Waals surface area contributed by atoms with E-state index in [1.807, 2.05) is 13.8 Å². The number of carbonyl (C=O) groups is 1. The molecule has 2 aliphatic rings. The molecule has 3 N–H and O–H groups in total. The molecule has 2 aliphatic heterocycles. The van der Waals surface area contributed by atoms with Crippen LogP contribution in [0.3, 0.4) is 0 Å². The summed E-state index contributed by atoms with van der Waals surface area (Å²) >= 11 is 0. The van der Waals surface area contributed by atoms with E-state index in [4.69, 9.17) is 5.73 Å². The fourth-order valence-corrected chi connectivity index (χ4v) is 3.33. The average Bonchev–Trinajstić information content (AvgIpc) is 2.29. The molecule has 2 saturated heterocycles. The number of rotatable bonds is 3. The van der Waals surface area contributed by atoms with Gasteiger partial charge in [-0.1, -0.05) is 20.3 Å². The third kappa shape index (κ3) is 2.86. The van der Waals surface area contributed by atoms with E-state index in [-0.39, 0.29) is 17.9 Å². The monoisotopic (exact) mass is 253 g/mol. The Labute approximate surface area is 110 Å². The second kappa shape index (κ2) is 5.57. The van der Waals surface area contributed by atoms with Crippen molar-refractivity contribution in [2.24, 2.45) is 11.7 Å². The SMILES string of the molecule is CC(C)[C@H](N)C(=O)NC1CC2CCCC(C1)N2C. The molecular formula is C14H27N3O. The summed E-state index contributed by atoms with van der Waals surface area (Å²) in [6.45, 7) is 3.99. The van der Waals surface area contributed by atoms with Gasteiger partial charge in [-0.25, -0.2) is 0 Å². The summed E-state index contributed by atoms with van der Waals surface area (Å²) in [6.07, 6.45) is 6.06. The zero-order chi connectivity index (χ0) is 13.3. The van der Waals surface area contributed by atoms with Gasteiger partial charge in [-0.15, -0.1) is 0 Å². The lowest BCUT2D eigenvalue weighted by atomic mass is 9.82. The molecule has 3 atom stereocenters. The minimum Gasteiger partial charge on any atom is -0.352 e. The Hall–Kier alpha value is -0.610. The number of hydrogen-bond acceptors (Lipinski definition) is 3. The van der Waals surface area contributed by atoms with Gasteiger partial charge in [0.2, 0.25) is 5.91 Å². The predicted molar refractivity (Wildman–Crippen MR) is 73.2 cm³/mol. The number of carbonyl (C=O) groups excluding carboxylic acids is 1. The minimum atomic E-state index is -0.371. The molecule has 0 aromatic rings. The van der Waals surface area contributed by atoms with Gasteiger partial charge in [0, 0.05) is 18.1 Å². The molecule has 4 nitrogen and oxygen atoms in total. The van der Waals surface area contributed by atoms with Gasteiger partial charge in [0.15, 0.2) is 0 Å². The second-order valence-corrected chi connectivity index (χ2v) is 6.35. The summed E-state index contributed by atoms with van der Waals surface area (Å²) < 4.78 is 0. The topological polar surface area (TPSA) is 58.4 Å². The summed E-state index contributed by atoms with van der Waals surface area (Å²) in [7, 11) is 2.23. The minimum absolute atomic E-state index is 0.0256. The van der Waals surface area contributed by atoms with Crippen LogP contribution in [-0.4, -0.2) is 42.0 Å². The maximum atomic E-state index is 12.0. The molecule has 0 aromatic heterocycles. The van der Waals surface area contributed by atoms with Crippen molar-refractivity contribution >= 4 is 5.91 Å². The molecule has 2 unspecified atom stereocenters. The molecule has 18 heavy (non-hydrogen) atoms. The number of fused-ring (bicyclic) bond motifs is 2. The molecule has 0 saturated carbocycles. The van der Waals surface area contributed by atoms with Crippen molar-refractivity contribution in [1.29, 1.82) is 0 Å². The fourth-order valence-electron chi connectivity index (χ4n) is 3.33. The van der Waals surface area contributed by atoms with Crippen LogP contribution >= 0.6 is 0 Å². The lowest BCUT2D eigenvalue weighted by Gasteiger charge is -2.47. The highest BCUT2D eigenvalue weighted by Crippen LogP contribution is 2.32. The first-order valence-electron chi connectivity index (χ1n) is 7.27. The third-order valence-electron chi connectivity index (χ3n) is 4.71. The zero-order valence-electron chi connectivity index (χ0n) is 11.9. The molecule has 2 fully saturated rings. The van der Waals surface area contributed by atoms with Crippen LogP contribution in [0.1, 0.15) is 46.0 Å². The fraction of sp³-hybridized carbons (Fsp3) is 0.929. The summed E-state index contributed by atoms with van der Waals surface area (Å²) in [5.41, 5.74) is 5.90. The molecule has 0 radical (unpaired) electrons. The number of piperidine rings is 2. The van der Waals surface area contributed by atoms with E-state index in [2.05, 4.69) is 17.3 Å². The molecule has 1 amide bonds. The van der Waals surface area contributed by atoms with Gasteiger partial charge in [0.25, 0.3) is 0 Å². The van der Waals surface area contributed by atoms with E-state index in [1.165, 1.54) is 19.3 Å². The standard InChI is InChI=1S/C14H27N3O/c1-9(2)13(15)14(18)16-10-7-11-5-4-6-12(8-10)17(11)3/h9-13H,4-8,15H2,1-3H3,(H,16,18)/t10?,11?,12?,13-/m0/s1. The molecule has 2 rings (SSSR count). The van der Waals surface area contributed by atoms with Crippen molar-refractivity contribution in [3.63, 3.8) is 0 Å². The second-order valence-electron chi connectivity index (χ2n) is 6.35. The van der Waals surface area contributed by atoms with E-state index in [9.17, 15) is 4.79 Å². The number of nitrogens with zero attached hydrogens (tertiary/aromatic N) is 1. The lowest BCUT2D eigenvalue weighted by Crippen LogP contribution is -2.57. The number of nitrogens with two attached hydrogens (primary N) is 1. The van der Waals surface area contributed by atoms with Gasteiger partial charge in [-0.3, -0.25) is 4.79 Å². The van der Waals surface area contributed by atoms with Crippen molar-refractivity contribution in [2.45, 2.75) is 70.1 Å². The highest BCUT2D eigenvalue weighted by Gasteiger charge is 2.36. The van der Waals surface area contributed by atoms with Gasteiger partial charge < -0.3 is 16.0 Å². The average molecular weight is 253 g/mol. The molecule has 2 bridgehead atoms. The molecule has 0 spiro atoms. The highest BCUT2D eigenvalue weighted by atomic mass is 16.2. The first-order chi connectivity index (χ1) is 8.49. The van der Waals surface area contributed by atoms with Gasteiger partial charge in [0.05, 0.1) is 6.04 Å². The van der Waals surface area contributed by atoms with Gasteiger partial charge in [-0.05, 0) is 38.6 Å². The van der Waals surface area contributed by atoms with Crippen LogP contribution in [0.4, 0.5) is 0 Å². The first kappa shape index (κ1) is 13.8. The predicted octanol–water partition coefficient (Wildman–Crippen LogP) is 1.10. The summed E-state index contributed by atoms with van der Waals surface area (Å²) in [6, 6.07) is 1.26. The molecular weight excluding hydrogens is 226 g/mol. The van der Waals surface area contributed by atoms with Crippen LogP contribution in [0.2, 0.25) is 0 Å². The van der Waals surface area contributed by atoms with E-state index in [0.29, 0.717) is 18.1 Å². The smallest absolute Gasteiger partial charge is 0.237 e. The van der Waals surface area contributed by atoms with Crippen molar-refractivity contribution in [3.05, 3.63) is 0 Å². The van der Waals surface area contributed by atoms with Crippen molar-refractivity contribution in [1.82, 2.24) is 10.2 Å². The van der Waals surface area contributed by atoms with Crippen LogP contribution in [0.5, 0.6) is 0 Å². The highest BCUT2D eigenvalue weighted by molar-refractivity contribution is 5.82. The molecule has 0 aliphatic carbocycles. The van der Waals surface area contributed by atoms with Crippen LogP contribution in [0, 0.1) is 5.92 Å². The van der Waals surface area contributed by atoms with E-state index >= 15 is 0 Å². The van der Waals surface area contributed by atoms with E-state index < -0.39 is 0 Å². The Balaban J connectivity index is 1.90. The largest absolute Gasteiger partial charge is 0.352 e. The Morgan fingerprint density at radius 3 is 2.33 bits per heavy atom. The summed E-state index contributed by atoms with van der Waals surface area (Å²) in [5, 5.41) is 3.16. The van der Waals surface area contributed by atoms with Gasteiger partial charge >= 0.3 is 0 Å². The van der Waals surface area contributed by atoms with Crippen LogP contribution in [-0.2, 0) is 4.79 Å². The van der Waals surface area contributed by atoms with Crippen LogP contribution < -0.4 is 11.1 Å². The van der Waals surface area contributed by atoms with Crippen LogP contribution in [0.25, 0.3) is 0 Å². The number of amides is 1. The maximum Gasteiger partial charge on any atom is 0.237 e. The Morgan fingerprint density at radius 2 is 1.83 bits per heavy atom. The van der Waals surface area contributed by atoms with E-state index in [0.717, 1.165) is 12.8 Å². The quantitative estimate of drug-likeness (QED) is 0.792. The maximum absolute atomic E-state index is 12.0.